The van der Waals surface area contributed by atoms with E-state index in [9.17, 15) is 14.3 Å². The van der Waals surface area contributed by atoms with Gasteiger partial charge in [0.15, 0.2) is 0 Å². The summed E-state index contributed by atoms with van der Waals surface area (Å²) in [6.07, 6.45) is 1.92. The molecule has 1 aliphatic rings. The second kappa shape index (κ2) is 11.1. The average Bonchev–Trinajstić information content (AvgIpc) is 2.80. The standard InChI is InChI=1S/C27H37ClFN3O3/c1-26(2)18-32(13-11-27(26,34)17-19-7-9-20(29)10-8-19)12-6-14-35-24-16-23(31(4)5)22(28)15-21(24)25(33)30-3/h7-10,15-16,34H,6,11-14,17-18H2,1-5H3,(H,30,33). The van der Waals surface area contributed by atoms with E-state index in [-0.39, 0.29) is 17.1 Å². The van der Waals surface area contributed by atoms with Gasteiger partial charge in [-0.25, -0.2) is 4.39 Å². The number of nitrogens with one attached hydrogen (secondary N) is 1. The van der Waals surface area contributed by atoms with Crippen molar-refractivity contribution in [1.29, 1.82) is 0 Å². The number of rotatable bonds is 9. The fraction of sp³-hybridized carbons (Fsp3) is 0.519. The fourth-order valence-electron chi connectivity index (χ4n) is 4.71. The zero-order valence-corrected chi connectivity index (χ0v) is 22.1. The van der Waals surface area contributed by atoms with Crippen LogP contribution in [0.5, 0.6) is 5.75 Å². The van der Waals surface area contributed by atoms with Gasteiger partial charge in [0, 0.05) is 58.7 Å². The Labute approximate surface area is 213 Å². The van der Waals surface area contributed by atoms with Crippen LogP contribution in [-0.4, -0.2) is 68.9 Å². The van der Waals surface area contributed by atoms with Crippen LogP contribution in [0.3, 0.4) is 0 Å². The van der Waals surface area contributed by atoms with Gasteiger partial charge < -0.3 is 25.0 Å². The summed E-state index contributed by atoms with van der Waals surface area (Å²) in [5.74, 6) is -0.00783. The molecule has 1 heterocycles. The van der Waals surface area contributed by atoms with Crippen LogP contribution in [-0.2, 0) is 6.42 Å². The highest BCUT2D eigenvalue weighted by molar-refractivity contribution is 6.33. The minimum absolute atomic E-state index is 0.245. The number of nitrogens with zero attached hydrogens (tertiary/aromatic N) is 2. The van der Waals surface area contributed by atoms with E-state index in [1.54, 1.807) is 31.3 Å². The van der Waals surface area contributed by atoms with Gasteiger partial charge in [-0.05, 0) is 36.6 Å². The van der Waals surface area contributed by atoms with Crippen LogP contribution in [0.15, 0.2) is 36.4 Å². The Kier molecular flexibility index (Phi) is 8.67. The third-order valence-corrected chi connectivity index (χ3v) is 7.31. The van der Waals surface area contributed by atoms with Gasteiger partial charge in [-0.15, -0.1) is 0 Å². The molecule has 1 unspecified atom stereocenters. The van der Waals surface area contributed by atoms with E-state index < -0.39 is 5.60 Å². The van der Waals surface area contributed by atoms with Crippen molar-refractivity contribution in [1.82, 2.24) is 10.2 Å². The number of piperidine rings is 1. The molecule has 1 saturated heterocycles. The van der Waals surface area contributed by atoms with Crippen molar-refractivity contribution in [3.63, 3.8) is 0 Å². The van der Waals surface area contributed by atoms with Gasteiger partial charge >= 0.3 is 0 Å². The second-order valence-electron chi connectivity index (χ2n) is 10.2. The van der Waals surface area contributed by atoms with Crippen LogP contribution < -0.4 is 15.0 Å². The smallest absolute Gasteiger partial charge is 0.254 e. The molecule has 1 fully saturated rings. The van der Waals surface area contributed by atoms with Crippen molar-refractivity contribution < 1.29 is 19.0 Å². The Morgan fingerprint density at radius 1 is 1.26 bits per heavy atom. The van der Waals surface area contributed by atoms with Gasteiger partial charge in [0.05, 0.1) is 28.5 Å². The number of hydrogen-bond acceptors (Lipinski definition) is 5. The summed E-state index contributed by atoms with van der Waals surface area (Å²) in [6.45, 7) is 6.97. The maximum Gasteiger partial charge on any atom is 0.254 e. The third kappa shape index (κ3) is 6.46. The van der Waals surface area contributed by atoms with E-state index in [0.717, 1.165) is 37.3 Å². The van der Waals surface area contributed by atoms with Gasteiger partial charge in [0.2, 0.25) is 0 Å². The Balaban J connectivity index is 1.58. The Bertz CT molecular complexity index is 1030. The lowest BCUT2D eigenvalue weighted by Gasteiger charge is -2.50. The molecular formula is C27H37ClFN3O3. The van der Waals surface area contributed by atoms with Crippen LogP contribution in [0, 0.1) is 11.2 Å². The fourth-order valence-corrected chi connectivity index (χ4v) is 5.05. The molecule has 1 atom stereocenters. The lowest BCUT2D eigenvalue weighted by molar-refractivity contribution is -0.118. The predicted octanol–water partition coefficient (Wildman–Crippen LogP) is 4.38. The van der Waals surface area contributed by atoms with Crippen LogP contribution in [0.2, 0.25) is 5.02 Å². The molecule has 0 spiro atoms. The monoisotopic (exact) mass is 505 g/mol. The number of carbonyl (C=O) groups is 1. The molecule has 2 N–H and O–H groups in total. The van der Waals surface area contributed by atoms with Crippen molar-refractivity contribution >= 4 is 23.2 Å². The van der Waals surface area contributed by atoms with E-state index in [0.29, 0.717) is 35.8 Å². The van der Waals surface area contributed by atoms with Crippen LogP contribution >= 0.6 is 11.6 Å². The zero-order valence-electron chi connectivity index (χ0n) is 21.3. The van der Waals surface area contributed by atoms with Gasteiger partial charge in [0.25, 0.3) is 5.91 Å². The van der Waals surface area contributed by atoms with Crippen molar-refractivity contribution in [3.8, 4) is 5.75 Å². The number of hydrogen-bond donors (Lipinski definition) is 2. The molecule has 0 aliphatic carbocycles. The molecule has 0 saturated carbocycles. The summed E-state index contributed by atoms with van der Waals surface area (Å²) in [5, 5.41) is 14.6. The minimum Gasteiger partial charge on any atom is -0.493 e. The summed E-state index contributed by atoms with van der Waals surface area (Å²) in [4.78, 5) is 16.5. The molecule has 0 radical (unpaired) electrons. The van der Waals surface area contributed by atoms with Crippen molar-refractivity contribution in [2.24, 2.45) is 5.41 Å². The van der Waals surface area contributed by atoms with Crippen molar-refractivity contribution in [3.05, 3.63) is 58.4 Å². The Hall–Kier alpha value is -2.35. The lowest BCUT2D eigenvalue weighted by atomic mass is 9.67. The SMILES string of the molecule is CNC(=O)c1cc(Cl)c(N(C)C)cc1OCCCN1CCC(O)(Cc2ccc(F)cc2)C(C)(C)C1. The van der Waals surface area contributed by atoms with Gasteiger partial charge in [0.1, 0.15) is 11.6 Å². The number of benzene rings is 2. The van der Waals surface area contributed by atoms with Crippen LogP contribution in [0.1, 0.15) is 42.6 Å². The Morgan fingerprint density at radius 3 is 2.54 bits per heavy atom. The summed E-state index contributed by atoms with van der Waals surface area (Å²) in [7, 11) is 5.36. The van der Waals surface area contributed by atoms with Crippen molar-refractivity contribution in [2.45, 2.75) is 38.7 Å². The number of anilines is 1. The molecule has 2 aromatic rings. The highest BCUT2D eigenvalue weighted by Crippen LogP contribution is 2.41. The number of aliphatic hydroxyl groups is 1. The van der Waals surface area contributed by atoms with Gasteiger partial charge in [-0.3, -0.25) is 4.79 Å². The summed E-state index contributed by atoms with van der Waals surface area (Å²) >= 11 is 6.35. The van der Waals surface area contributed by atoms with E-state index in [1.165, 1.54) is 12.1 Å². The van der Waals surface area contributed by atoms with Crippen LogP contribution in [0.4, 0.5) is 10.1 Å². The zero-order chi connectivity index (χ0) is 25.8. The maximum atomic E-state index is 13.3. The molecule has 2 aromatic carbocycles. The number of carbonyl (C=O) groups excluding carboxylic acids is 1. The predicted molar refractivity (Wildman–Crippen MR) is 139 cm³/mol. The minimum atomic E-state index is -0.855. The first-order valence-electron chi connectivity index (χ1n) is 12.0. The number of likely N-dealkylation sites (tertiary alicyclic amines) is 1. The van der Waals surface area contributed by atoms with E-state index in [1.807, 2.05) is 19.0 Å². The van der Waals surface area contributed by atoms with E-state index in [2.05, 4.69) is 24.1 Å². The van der Waals surface area contributed by atoms with Crippen molar-refractivity contribution in [2.75, 3.05) is 52.3 Å². The van der Waals surface area contributed by atoms with Gasteiger partial charge in [-0.2, -0.15) is 0 Å². The molecule has 3 rings (SSSR count). The average molecular weight is 506 g/mol. The quantitative estimate of drug-likeness (QED) is 0.495. The maximum absolute atomic E-state index is 13.3. The number of halogens is 2. The first-order valence-corrected chi connectivity index (χ1v) is 12.4. The molecular weight excluding hydrogens is 469 g/mol. The molecule has 1 amide bonds. The van der Waals surface area contributed by atoms with Crippen LogP contribution in [0.25, 0.3) is 0 Å². The highest BCUT2D eigenvalue weighted by atomic mass is 35.5. The first kappa shape index (κ1) is 27.2. The first-order chi connectivity index (χ1) is 16.5. The summed E-state index contributed by atoms with van der Waals surface area (Å²) in [6, 6.07) is 9.82. The summed E-state index contributed by atoms with van der Waals surface area (Å²) < 4.78 is 19.3. The normalized spacial score (nSPS) is 19.9. The molecule has 1 aliphatic heterocycles. The number of ether oxygens (including phenoxy) is 1. The van der Waals surface area contributed by atoms with E-state index in [4.69, 9.17) is 16.3 Å². The topological polar surface area (TPSA) is 65.0 Å². The highest BCUT2D eigenvalue weighted by Gasteiger charge is 2.47. The largest absolute Gasteiger partial charge is 0.493 e. The molecule has 8 heteroatoms. The van der Waals surface area contributed by atoms with Gasteiger partial charge in [-0.1, -0.05) is 37.6 Å². The molecule has 6 nitrogen and oxygen atoms in total. The molecule has 0 aromatic heterocycles. The second-order valence-corrected chi connectivity index (χ2v) is 10.6. The Morgan fingerprint density at radius 2 is 1.94 bits per heavy atom. The molecule has 192 valence electrons. The third-order valence-electron chi connectivity index (χ3n) is 7.01. The van der Waals surface area contributed by atoms with E-state index >= 15 is 0 Å². The summed E-state index contributed by atoms with van der Waals surface area (Å²) in [5.41, 5.74) is 0.951. The molecule has 35 heavy (non-hydrogen) atoms. The number of amides is 1. The lowest BCUT2D eigenvalue weighted by Crippen LogP contribution is -2.58. The molecule has 0 bridgehead atoms.